The molecule has 24 heavy (non-hydrogen) atoms. The molecule has 0 aromatic heterocycles. The number of amides is 3. The van der Waals surface area contributed by atoms with E-state index in [0.29, 0.717) is 12.8 Å². The first-order valence-electron chi connectivity index (χ1n) is 7.68. The molecule has 1 aliphatic heterocycles. The van der Waals surface area contributed by atoms with Crippen LogP contribution in [0, 0.1) is 17.7 Å². The van der Waals surface area contributed by atoms with Gasteiger partial charge >= 0.3 is 0 Å². The van der Waals surface area contributed by atoms with E-state index in [2.05, 4.69) is 5.32 Å². The molecule has 0 radical (unpaired) electrons. The number of carbonyl (C=O) groups excluding carboxylic acids is 3. The number of carbonyl (C=O) groups is 3. The van der Waals surface area contributed by atoms with E-state index in [1.807, 2.05) is 12.2 Å². The third kappa shape index (κ3) is 2.82. The van der Waals surface area contributed by atoms with Crippen molar-refractivity contribution in [1.82, 2.24) is 4.90 Å². The first kappa shape index (κ1) is 16.6. The number of halogens is 2. The highest BCUT2D eigenvalue weighted by Gasteiger charge is 2.50. The second kappa shape index (κ2) is 6.36. The summed E-state index contributed by atoms with van der Waals surface area (Å²) in [5.74, 6) is -2.46. The Morgan fingerprint density at radius 3 is 2.38 bits per heavy atom. The van der Waals surface area contributed by atoms with E-state index >= 15 is 0 Å². The van der Waals surface area contributed by atoms with Crippen LogP contribution >= 0.6 is 11.6 Å². The summed E-state index contributed by atoms with van der Waals surface area (Å²) in [6, 6.07) is 2.61. The van der Waals surface area contributed by atoms with Crippen LogP contribution in [0.4, 0.5) is 10.1 Å². The molecular formula is C17H16ClFN2O3. The fourth-order valence-corrected chi connectivity index (χ4v) is 3.37. The zero-order valence-corrected chi connectivity index (χ0v) is 13.7. The van der Waals surface area contributed by atoms with Crippen molar-refractivity contribution in [3.63, 3.8) is 0 Å². The SMILES string of the molecule is C[C@@H](C(=O)Nc1ccc(F)cc1Cl)N1C(=O)[C@H]2CC=CC[C@H]2C1=O. The van der Waals surface area contributed by atoms with Crippen LogP contribution in [0.5, 0.6) is 0 Å². The van der Waals surface area contributed by atoms with Crippen molar-refractivity contribution in [2.45, 2.75) is 25.8 Å². The van der Waals surface area contributed by atoms with Gasteiger partial charge in [0.2, 0.25) is 17.7 Å². The van der Waals surface area contributed by atoms with Crippen LogP contribution in [-0.4, -0.2) is 28.7 Å². The fraction of sp³-hybridized carbons (Fsp3) is 0.353. The van der Waals surface area contributed by atoms with Gasteiger partial charge in [-0.15, -0.1) is 0 Å². The lowest BCUT2D eigenvalue weighted by Gasteiger charge is -2.22. The van der Waals surface area contributed by atoms with Gasteiger partial charge in [0, 0.05) is 0 Å². The van der Waals surface area contributed by atoms with Crippen molar-refractivity contribution in [2.75, 3.05) is 5.32 Å². The molecule has 0 bridgehead atoms. The molecule has 7 heteroatoms. The van der Waals surface area contributed by atoms with Gasteiger partial charge < -0.3 is 5.32 Å². The quantitative estimate of drug-likeness (QED) is 0.673. The summed E-state index contributed by atoms with van der Waals surface area (Å²) in [6.07, 6.45) is 4.81. The summed E-state index contributed by atoms with van der Waals surface area (Å²) in [6.45, 7) is 1.49. The minimum Gasteiger partial charge on any atom is -0.323 e. The molecule has 1 saturated heterocycles. The van der Waals surface area contributed by atoms with Crippen LogP contribution in [0.15, 0.2) is 30.4 Å². The Bertz CT molecular complexity index is 723. The molecule has 126 valence electrons. The Hall–Kier alpha value is -2.21. The Morgan fingerprint density at radius 1 is 1.25 bits per heavy atom. The van der Waals surface area contributed by atoms with E-state index < -0.39 is 17.8 Å². The number of hydrogen-bond donors (Lipinski definition) is 1. The van der Waals surface area contributed by atoms with Crippen molar-refractivity contribution < 1.29 is 18.8 Å². The van der Waals surface area contributed by atoms with E-state index in [1.54, 1.807) is 0 Å². The Morgan fingerprint density at radius 2 is 1.83 bits per heavy atom. The lowest BCUT2D eigenvalue weighted by Crippen LogP contribution is -2.46. The zero-order chi connectivity index (χ0) is 17.4. The van der Waals surface area contributed by atoms with Gasteiger partial charge in [-0.2, -0.15) is 0 Å². The molecule has 3 rings (SSSR count). The first-order chi connectivity index (χ1) is 11.4. The molecule has 2 aliphatic rings. The maximum Gasteiger partial charge on any atom is 0.247 e. The lowest BCUT2D eigenvalue weighted by molar-refractivity contribution is -0.146. The molecular weight excluding hydrogens is 335 g/mol. The van der Waals surface area contributed by atoms with E-state index in [4.69, 9.17) is 11.6 Å². The van der Waals surface area contributed by atoms with Gasteiger partial charge in [0.25, 0.3) is 0 Å². The van der Waals surface area contributed by atoms with Gasteiger partial charge in [-0.05, 0) is 38.0 Å². The molecule has 0 saturated carbocycles. The summed E-state index contributed by atoms with van der Waals surface area (Å²) >= 11 is 5.88. The molecule has 1 N–H and O–H groups in total. The minimum absolute atomic E-state index is 0.0486. The van der Waals surface area contributed by atoms with Gasteiger partial charge in [0.15, 0.2) is 0 Å². The van der Waals surface area contributed by atoms with Crippen LogP contribution in [0.2, 0.25) is 5.02 Å². The van der Waals surface area contributed by atoms with Crippen LogP contribution in [0.3, 0.4) is 0 Å². The maximum atomic E-state index is 13.1. The van der Waals surface area contributed by atoms with E-state index in [9.17, 15) is 18.8 Å². The molecule has 0 spiro atoms. The molecule has 3 atom stereocenters. The lowest BCUT2D eigenvalue weighted by atomic mass is 9.85. The van der Waals surface area contributed by atoms with Crippen molar-refractivity contribution >= 4 is 35.0 Å². The predicted octanol–water partition coefficient (Wildman–Crippen LogP) is 2.76. The Balaban J connectivity index is 1.76. The fourth-order valence-electron chi connectivity index (χ4n) is 3.15. The summed E-state index contributed by atoms with van der Waals surface area (Å²) in [5, 5.41) is 2.59. The molecule has 1 aliphatic carbocycles. The summed E-state index contributed by atoms with van der Waals surface area (Å²) in [5.41, 5.74) is 0.230. The van der Waals surface area contributed by atoms with Gasteiger partial charge in [-0.3, -0.25) is 19.3 Å². The highest BCUT2D eigenvalue weighted by Crippen LogP contribution is 2.36. The van der Waals surface area contributed by atoms with E-state index in [-0.39, 0.29) is 34.4 Å². The number of hydrogen-bond acceptors (Lipinski definition) is 3. The van der Waals surface area contributed by atoms with Gasteiger partial charge in [-0.25, -0.2) is 4.39 Å². The average Bonchev–Trinajstić information content (AvgIpc) is 2.81. The van der Waals surface area contributed by atoms with Gasteiger partial charge in [0.1, 0.15) is 11.9 Å². The average molecular weight is 351 g/mol. The first-order valence-corrected chi connectivity index (χ1v) is 8.05. The van der Waals surface area contributed by atoms with Crippen molar-refractivity contribution in [3.8, 4) is 0 Å². The number of rotatable bonds is 3. The summed E-state index contributed by atoms with van der Waals surface area (Å²) in [4.78, 5) is 38.4. The van der Waals surface area contributed by atoms with Crippen LogP contribution in [-0.2, 0) is 14.4 Å². The third-order valence-corrected chi connectivity index (χ3v) is 4.81. The van der Waals surface area contributed by atoms with Gasteiger partial charge in [-0.1, -0.05) is 23.8 Å². The minimum atomic E-state index is -0.961. The molecule has 1 aromatic carbocycles. The number of fused-ring (bicyclic) bond motifs is 1. The molecule has 1 heterocycles. The summed E-state index contributed by atoms with van der Waals surface area (Å²) in [7, 11) is 0. The highest BCUT2D eigenvalue weighted by atomic mass is 35.5. The number of imide groups is 1. The molecule has 0 unspecified atom stereocenters. The van der Waals surface area contributed by atoms with Crippen LogP contribution in [0.25, 0.3) is 0 Å². The predicted molar refractivity (Wildman–Crippen MR) is 86.7 cm³/mol. The number of nitrogens with one attached hydrogen (secondary N) is 1. The standard InChI is InChI=1S/C17H16ClFN2O3/c1-9(15(22)20-14-7-6-10(19)8-13(14)18)21-16(23)11-4-2-3-5-12(11)17(21)24/h2-3,6-9,11-12H,4-5H2,1H3,(H,20,22)/t9-,11-,12+/m0/s1. The van der Waals surface area contributed by atoms with Crippen molar-refractivity contribution in [1.29, 1.82) is 0 Å². The number of allylic oxidation sites excluding steroid dienone is 2. The van der Waals surface area contributed by atoms with Crippen LogP contribution < -0.4 is 5.32 Å². The Labute approximate surface area is 143 Å². The monoisotopic (exact) mass is 350 g/mol. The normalized spacial score (nSPS) is 24.0. The second-order valence-corrected chi connectivity index (χ2v) is 6.40. The topological polar surface area (TPSA) is 66.5 Å². The van der Waals surface area contributed by atoms with E-state index in [1.165, 1.54) is 19.1 Å². The molecule has 3 amide bonds. The smallest absolute Gasteiger partial charge is 0.247 e. The summed E-state index contributed by atoms with van der Waals surface area (Å²) < 4.78 is 13.1. The van der Waals surface area contributed by atoms with Gasteiger partial charge in [0.05, 0.1) is 22.5 Å². The number of likely N-dealkylation sites (tertiary alicyclic amines) is 1. The number of nitrogens with zero attached hydrogens (tertiary/aromatic N) is 1. The zero-order valence-electron chi connectivity index (χ0n) is 13.0. The molecule has 1 fully saturated rings. The van der Waals surface area contributed by atoms with Crippen molar-refractivity contribution in [3.05, 3.63) is 41.2 Å². The third-order valence-electron chi connectivity index (χ3n) is 4.50. The number of benzene rings is 1. The van der Waals surface area contributed by atoms with Crippen LogP contribution in [0.1, 0.15) is 19.8 Å². The second-order valence-electron chi connectivity index (χ2n) is 5.99. The molecule has 5 nitrogen and oxygen atoms in total. The van der Waals surface area contributed by atoms with Crippen molar-refractivity contribution in [2.24, 2.45) is 11.8 Å². The molecule has 1 aromatic rings. The highest BCUT2D eigenvalue weighted by molar-refractivity contribution is 6.33. The van der Waals surface area contributed by atoms with E-state index in [0.717, 1.165) is 11.0 Å². The number of anilines is 1. The Kier molecular flexibility index (Phi) is 4.41. The largest absolute Gasteiger partial charge is 0.323 e. The maximum absolute atomic E-state index is 13.1.